The molecule has 1 aromatic rings. The number of hydrogen-bond acceptors (Lipinski definition) is 6. The summed E-state index contributed by atoms with van der Waals surface area (Å²) < 4.78 is 20.5. The number of esters is 1. The van der Waals surface area contributed by atoms with Gasteiger partial charge in [-0.15, -0.1) is 0 Å². The fraction of sp³-hybridized carbons (Fsp3) is 0.529. The number of ether oxygens (including phenoxy) is 4. The normalized spacial score (nSPS) is 19.6. The van der Waals surface area contributed by atoms with E-state index >= 15 is 0 Å². The van der Waals surface area contributed by atoms with Crippen molar-refractivity contribution in [1.29, 1.82) is 0 Å². The van der Waals surface area contributed by atoms with Gasteiger partial charge in [-0.2, -0.15) is 0 Å². The molecule has 1 aliphatic rings. The van der Waals surface area contributed by atoms with Gasteiger partial charge in [0.2, 0.25) is 5.91 Å². The Morgan fingerprint density at radius 3 is 2.50 bits per heavy atom. The molecule has 0 aliphatic carbocycles. The van der Waals surface area contributed by atoms with Crippen LogP contribution in [-0.2, 0) is 25.5 Å². The zero-order chi connectivity index (χ0) is 17.5. The van der Waals surface area contributed by atoms with Crippen molar-refractivity contribution in [2.45, 2.75) is 31.5 Å². The standard InChI is InChI=1S/C17H23NO6/c1-21-12-5-4-11(10-15(12)22-2)8-9-18-16(19)13-6-7-14(24-13)17(20)23-3/h4-5,10,13-14H,6-9H2,1-3H3,(H,18,19)/t13-,14-/m1/s1. The first kappa shape index (κ1) is 18.1. The fourth-order valence-corrected chi connectivity index (χ4v) is 2.61. The van der Waals surface area contributed by atoms with Gasteiger partial charge in [-0.25, -0.2) is 4.79 Å². The van der Waals surface area contributed by atoms with E-state index in [0.717, 1.165) is 5.56 Å². The molecule has 1 fully saturated rings. The number of rotatable bonds is 7. The number of benzene rings is 1. The molecule has 0 bridgehead atoms. The van der Waals surface area contributed by atoms with E-state index < -0.39 is 18.2 Å². The summed E-state index contributed by atoms with van der Waals surface area (Å²) in [6.45, 7) is 0.469. The van der Waals surface area contributed by atoms with Crippen LogP contribution in [0.3, 0.4) is 0 Å². The second kappa shape index (κ2) is 8.54. The average molecular weight is 337 g/mol. The van der Waals surface area contributed by atoms with Gasteiger partial charge in [-0.1, -0.05) is 6.07 Å². The predicted octanol–water partition coefficient (Wildman–Crippen LogP) is 1.08. The molecule has 24 heavy (non-hydrogen) atoms. The molecule has 2 rings (SSSR count). The molecule has 1 heterocycles. The van der Waals surface area contributed by atoms with E-state index in [-0.39, 0.29) is 5.91 Å². The van der Waals surface area contributed by atoms with E-state index in [1.807, 2.05) is 18.2 Å². The zero-order valence-corrected chi connectivity index (χ0v) is 14.2. The Morgan fingerprint density at radius 1 is 1.12 bits per heavy atom. The third kappa shape index (κ3) is 4.38. The van der Waals surface area contributed by atoms with E-state index in [1.54, 1.807) is 14.2 Å². The average Bonchev–Trinajstić information content (AvgIpc) is 3.11. The first-order valence-electron chi connectivity index (χ1n) is 7.81. The van der Waals surface area contributed by atoms with Crippen molar-refractivity contribution in [2.24, 2.45) is 0 Å². The summed E-state index contributed by atoms with van der Waals surface area (Å²) >= 11 is 0. The molecule has 0 saturated carbocycles. The van der Waals surface area contributed by atoms with Crippen LogP contribution in [0.4, 0.5) is 0 Å². The van der Waals surface area contributed by atoms with Crippen LogP contribution in [0.5, 0.6) is 11.5 Å². The van der Waals surface area contributed by atoms with E-state index in [9.17, 15) is 9.59 Å². The van der Waals surface area contributed by atoms with E-state index in [4.69, 9.17) is 14.2 Å². The first-order chi connectivity index (χ1) is 11.6. The Morgan fingerprint density at radius 2 is 1.83 bits per heavy atom. The van der Waals surface area contributed by atoms with Crippen LogP contribution in [0.1, 0.15) is 18.4 Å². The van der Waals surface area contributed by atoms with Crippen LogP contribution in [0.25, 0.3) is 0 Å². The minimum Gasteiger partial charge on any atom is -0.493 e. The van der Waals surface area contributed by atoms with Crippen molar-refractivity contribution in [1.82, 2.24) is 5.32 Å². The summed E-state index contributed by atoms with van der Waals surface area (Å²) in [6.07, 6.45) is 0.429. The third-order valence-electron chi connectivity index (χ3n) is 3.94. The molecule has 1 saturated heterocycles. The summed E-state index contributed by atoms with van der Waals surface area (Å²) in [5.74, 6) is 0.678. The highest BCUT2D eigenvalue weighted by atomic mass is 16.6. The van der Waals surface area contributed by atoms with Gasteiger partial charge in [-0.05, 0) is 37.0 Å². The molecule has 0 radical (unpaired) electrons. The maximum Gasteiger partial charge on any atom is 0.335 e. The van der Waals surface area contributed by atoms with Crippen LogP contribution in [-0.4, -0.2) is 52.0 Å². The van der Waals surface area contributed by atoms with Crippen molar-refractivity contribution in [2.75, 3.05) is 27.9 Å². The smallest absolute Gasteiger partial charge is 0.335 e. The summed E-state index contributed by atoms with van der Waals surface area (Å²) in [5.41, 5.74) is 1.02. The Balaban J connectivity index is 1.80. The number of carbonyl (C=O) groups excluding carboxylic acids is 2. The molecule has 0 spiro atoms. The van der Waals surface area contributed by atoms with Gasteiger partial charge in [0.05, 0.1) is 21.3 Å². The van der Waals surface area contributed by atoms with Gasteiger partial charge in [-0.3, -0.25) is 4.79 Å². The molecule has 7 nitrogen and oxygen atoms in total. The number of amides is 1. The lowest BCUT2D eigenvalue weighted by Gasteiger charge is -2.13. The summed E-state index contributed by atoms with van der Waals surface area (Å²) in [7, 11) is 4.47. The Hall–Kier alpha value is -2.28. The first-order valence-corrected chi connectivity index (χ1v) is 7.81. The second-order valence-electron chi connectivity index (χ2n) is 5.44. The molecule has 1 amide bonds. The van der Waals surface area contributed by atoms with Gasteiger partial charge >= 0.3 is 5.97 Å². The maximum absolute atomic E-state index is 12.1. The van der Waals surface area contributed by atoms with Crippen molar-refractivity contribution >= 4 is 11.9 Å². The lowest BCUT2D eigenvalue weighted by molar-refractivity contribution is -0.155. The molecule has 7 heteroatoms. The summed E-state index contributed by atoms with van der Waals surface area (Å²) in [6, 6.07) is 5.63. The number of hydrogen-bond donors (Lipinski definition) is 1. The van der Waals surface area contributed by atoms with Crippen LogP contribution < -0.4 is 14.8 Å². The van der Waals surface area contributed by atoms with Gasteiger partial charge in [0, 0.05) is 6.54 Å². The minimum atomic E-state index is -0.642. The molecular weight excluding hydrogens is 314 g/mol. The van der Waals surface area contributed by atoms with Gasteiger partial charge in [0.15, 0.2) is 17.6 Å². The Kier molecular flexibility index (Phi) is 6.43. The van der Waals surface area contributed by atoms with Crippen LogP contribution in [0.15, 0.2) is 18.2 Å². The van der Waals surface area contributed by atoms with E-state index in [2.05, 4.69) is 10.1 Å². The lowest BCUT2D eigenvalue weighted by Crippen LogP contribution is -2.36. The largest absolute Gasteiger partial charge is 0.493 e. The summed E-state index contributed by atoms with van der Waals surface area (Å²) in [5, 5.41) is 2.83. The molecule has 1 aromatic carbocycles. The summed E-state index contributed by atoms with van der Waals surface area (Å²) in [4.78, 5) is 23.5. The van der Waals surface area contributed by atoms with Crippen molar-refractivity contribution in [3.8, 4) is 11.5 Å². The number of nitrogens with one attached hydrogen (secondary N) is 1. The molecule has 0 aromatic heterocycles. The van der Waals surface area contributed by atoms with Gasteiger partial charge in [0.25, 0.3) is 0 Å². The highest BCUT2D eigenvalue weighted by Gasteiger charge is 2.35. The highest BCUT2D eigenvalue weighted by Crippen LogP contribution is 2.27. The van der Waals surface area contributed by atoms with Crippen LogP contribution >= 0.6 is 0 Å². The monoisotopic (exact) mass is 337 g/mol. The third-order valence-corrected chi connectivity index (χ3v) is 3.94. The number of carbonyl (C=O) groups is 2. The second-order valence-corrected chi connectivity index (χ2v) is 5.44. The lowest BCUT2D eigenvalue weighted by atomic mass is 10.1. The molecule has 0 unspecified atom stereocenters. The quantitative estimate of drug-likeness (QED) is 0.750. The fourth-order valence-electron chi connectivity index (χ4n) is 2.61. The molecule has 1 aliphatic heterocycles. The minimum absolute atomic E-state index is 0.207. The Labute approximate surface area is 141 Å². The maximum atomic E-state index is 12.1. The SMILES string of the molecule is COC(=O)[C@H]1CC[C@H](C(=O)NCCc2ccc(OC)c(OC)c2)O1. The molecular formula is C17H23NO6. The van der Waals surface area contributed by atoms with Crippen molar-refractivity contribution < 1.29 is 28.5 Å². The van der Waals surface area contributed by atoms with Crippen molar-refractivity contribution in [3.05, 3.63) is 23.8 Å². The molecule has 1 N–H and O–H groups in total. The zero-order valence-electron chi connectivity index (χ0n) is 14.2. The highest BCUT2D eigenvalue weighted by molar-refractivity contribution is 5.82. The Bertz CT molecular complexity index is 588. The van der Waals surface area contributed by atoms with Gasteiger partial charge in [0.1, 0.15) is 6.10 Å². The molecule has 132 valence electrons. The van der Waals surface area contributed by atoms with Gasteiger partial charge < -0.3 is 24.3 Å². The topological polar surface area (TPSA) is 83.1 Å². The van der Waals surface area contributed by atoms with E-state index in [1.165, 1.54) is 7.11 Å². The predicted molar refractivity (Wildman–Crippen MR) is 86.2 cm³/mol. The molecule has 2 atom stereocenters. The van der Waals surface area contributed by atoms with Crippen LogP contribution in [0.2, 0.25) is 0 Å². The van der Waals surface area contributed by atoms with E-state index in [0.29, 0.717) is 37.3 Å². The van der Waals surface area contributed by atoms with Crippen molar-refractivity contribution in [3.63, 3.8) is 0 Å². The van der Waals surface area contributed by atoms with Crippen LogP contribution in [0, 0.1) is 0 Å². The number of methoxy groups -OCH3 is 3.